The van der Waals surface area contributed by atoms with E-state index in [-0.39, 0.29) is 0 Å². The highest BCUT2D eigenvalue weighted by atomic mass is 16.7. The summed E-state index contributed by atoms with van der Waals surface area (Å²) in [7, 11) is 1.57. The van der Waals surface area contributed by atoms with Crippen LogP contribution in [0, 0.1) is 5.92 Å². The van der Waals surface area contributed by atoms with E-state index in [0.29, 0.717) is 18.5 Å². The SMILES string of the molecule is C=C(OC)OC/C(=C/C/C=C\CC)[C@H](C)CC. The zero-order chi connectivity index (χ0) is 13.1. The third kappa shape index (κ3) is 7.67. The summed E-state index contributed by atoms with van der Waals surface area (Å²) < 4.78 is 10.3. The van der Waals surface area contributed by atoms with E-state index in [1.54, 1.807) is 7.11 Å². The fourth-order valence-electron chi connectivity index (χ4n) is 1.37. The number of rotatable bonds is 9. The quantitative estimate of drug-likeness (QED) is 0.436. The minimum absolute atomic E-state index is 0.378. The first kappa shape index (κ1) is 15.8. The molecule has 0 aromatic heterocycles. The second-order valence-corrected chi connectivity index (χ2v) is 4.07. The first-order valence-corrected chi connectivity index (χ1v) is 6.35. The molecule has 0 radical (unpaired) electrons. The van der Waals surface area contributed by atoms with Crippen LogP contribution in [0.5, 0.6) is 0 Å². The molecule has 0 aliphatic rings. The van der Waals surface area contributed by atoms with Crippen molar-refractivity contribution in [3.63, 3.8) is 0 Å². The van der Waals surface area contributed by atoms with E-state index in [1.807, 2.05) is 0 Å². The molecule has 0 saturated heterocycles. The predicted molar refractivity (Wildman–Crippen MR) is 73.7 cm³/mol. The molecule has 0 aliphatic carbocycles. The van der Waals surface area contributed by atoms with Gasteiger partial charge in [0.15, 0.2) is 0 Å². The first-order chi connectivity index (χ1) is 8.15. The van der Waals surface area contributed by atoms with Gasteiger partial charge in [0.05, 0.1) is 7.11 Å². The van der Waals surface area contributed by atoms with E-state index in [2.05, 4.69) is 45.6 Å². The van der Waals surface area contributed by atoms with Crippen molar-refractivity contribution >= 4 is 0 Å². The Hall–Kier alpha value is -1.18. The van der Waals surface area contributed by atoms with Crippen molar-refractivity contribution in [3.8, 4) is 0 Å². The van der Waals surface area contributed by atoms with E-state index in [4.69, 9.17) is 9.47 Å². The van der Waals surface area contributed by atoms with Crippen molar-refractivity contribution in [1.82, 2.24) is 0 Å². The van der Waals surface area contributed by atoms with Crippen LogP contribution in [0.15, 0.2) is 36.3 Å². The standard InChI is InChI=1S/C15H26O2/c1-6-8-9-10-11-15(13(3)7-2)12-17-14(4)16-5/h8-9,11,13H,4,6-7,10,12H2,1-3,5H3/b9-8-,15-11-/t13-/m1/s1. The largest absolute Gasteiger partial charge is 0.469 e. The van der Waals surface area contributed by atoms with Crippen molar-refractivity contribution in [3.05, 3.63) is 36.3 Å². The third-order valence-electron chi connectivity index (χ3n) is 2.79. The van der Waals surface area contributed by atoms with E-state index in [9.17, 15) is 0 Å². The molecule has 0 unspecified atom stereocenters. The molecule has 2 nitrogen and oxygen atoms in total. The van der Waals surface area contributed by atoms with Crippen molar-refractivity contribution in [1.29, 1.82) is 0 Å². The maximum atomic E-state index is 5.42. The van der Waals surface area contributed by atoms with Gasteiger partial charge in [0, 0.05) is 0 Å². The Morgan fingerprint density at radius 3 is 2.53 bits per heavy atom. The molecule has 0 spiro atoms. The summed E-state index contributed by atoms with van der Waals surface area (Å²) in [5, 5.41) is 0. The van der Waals surface area contributed by atoms with Gasteiger partial charge in [0.1, 0.15) is 6.61 Å². The molecule has 0 bridgehead atoms. The summed E-state index contributed by atoms with van der Waals surface area (Å²) in [5.74, 6) is 0.915. The van der Waals surface area contributed by atoms with Crippen LogP contribution in [0.2, 0.25) is 0 Å². The molecule has 0 N–H and O–H groups in total. The summed E-state index contributed by atoms with van der Waals surface area (Å²) in [6.07, 6.45) is 9.78. The Labute approximate surface area is 106 Å². The van der Waals surface area contributed by atoms with Crippen LogP contribution in [-0.4, -0.2) is 13.7 Å². The molecule has 0 aliphatic heterocycles. The highest BCUT2D eigenvalue weighted by Gasteiger charge is 2.07. The van der Waals surface area contributed by atoms with Crippen LogP contribution in [0.4, 0.5) is 0 Å². The van der Waals surface area contributed by atoms with Gasteiger partial charge >= 0.3 is 0 Å². The highest BCUT2D eigenvalue weighted by Crippen LogP contribution is 2.16. The van der Waals surface area contributed by atoms with Crippen molar-refractivity contribution in [2.75, 3.05) is 13.7 Å². The average molecular weight is 238 g/mol. The number of allylic oxidation sites excluding steroid dienone is 3. The Kier molecular flexibility index (Phi) is 9.31. The maximum Gasteiger partial charge on any atom is 0.271 e. The first-order valence-electron chi connectivity index (χ1n) is 6.35. The highest BCUT2D eigenvalue weighted by molar-refractivity contribution is 5.09. The topological polar surface area (TPSA) is 18.5 Å². The minimum Gasteiger partial charge on any atom is -0.469 e. The zero-order valence-electron chi connectivity index (χ0n) is 11.7. The van der Waals surface area contributed by atoms with Gasteiger partial charge in [-0.1, -0.05) is 39.0 Å². The Morgan fingerprint density at radius 1 is 1.29 bits per heavy atom. The van der Waals surface area contributed by atoms with Crippen LogP contribution < -0.4 is 0 Å². The second-order valence-electron chi connectivity index (χ2n) is 4.07. The van der Waals surface area contributed by atoms with E-state index in [1.165, 1.54) is 5.57 Å². The Balaban J connectivity index is 4.32. The molecule has 0 heterocycles. The molecule has 0 amide bonds. The summed E-state index contributed by atoms with van der Waals surface area (Å²) in [6.45, 7) is 10.8. The third-order valence-corrected chi connectivity index (χ3v) is 2.79. The van der Waals surface area contributed by atoms with Crippen molar-refractivity contribution in [2.45, 2.75) is 40.0 Å². The Bertz CT molecular complexity index is 264. The van der Waals surface area contributed by atoms with Gasteiger partial charge in [-0.15, -0.1) is 0 Å². The van der Waals surface area contributed by atoms with Crippen LogP contribution in [0.25, 0.3) is 0 Å². The number of methoxy groups -OCH3 is 1. The lowest BCUT2D eigenvalue weighted by Crippen LogP contribution is -2.06. The van der Waals surface area contributed by atoms with Crippen LogP contribution in [0.1, 0.15) is 40.0 Å². The van der Waals surface area contributed by atoms with Crippen LogP contribution in [-0.2, 0) is 9.47 Å². The number of hydrogen-bond acceptors (Lipinski definition) is 2. The van der Waals surface area contributed by atoms with Gasteiger partial charge in [0.2, 0.25) is 0 Å². The van der Waals surface area contributed by atoms with Crippen molar-refractivity contribution < 1.29 is 9.47 Å². The van der Waals surface area contributed by atoms with E-state index in [0.717, 1.165) is 19.3 Å². The summed E-state index contributed by atoms with van der Waals surface area (Å²) in [5.41, 5.74) is 1.31. The van der Waals surface area contributed by atoms with E-state index < -0.39 is 0 Å². The smallest absolute Gasteiger partial charge is 0.271 e. The molecule has 98 valence electrons. The molecule has 2 heteroatoms. The fraction of sp³-hybridized carbons (Fsp3) is 0.600. The van der Waals surface area contributed by atoms with Crippen LogP contribution in [0.3, 0.4) is 0 Å². The van der Waals surface area contributed by atoms with Gasteiger partial charge in [-0.25, -0.2) is 0 Å². The summed E-state index contributed by atoms with van der Waals surface area (Å²) in [4.78, 5) is 0. The lowest BCUT2D eigenvalue weighted by Gasteiger charge is -2.15. The molecular weight excluding hydrogens is 212 g/mol. The monoisotopic (exact) mass is 238 g/mol. The minimum atomic E-state index is 0.378. The summed E-state index contributed by atoms with van der Waals surface area (Å²) >= 11 is 0. The second kappa shape index (κ2) is 10.0. The predicted octanol–water partition coefficient (Wildman–Crippen LogP) is 4.45. The molecule has 1 atom stereocenters. The normalized spacial score (nSPS) is 13.8. The molecule has 0 fully saturated rings. The molecule has 0 rings (SSSR count). The molecule has 0 saturated carbocycles. The molecular formula is C15H26O2. The lowest BCUT2D eigenvalue weighted by molar-refractivity contribution is 0.0729. The molecule has 0 aromatic carbocycles. The molecule has 17 heavy (non-hydrogen) atoms. The number of hydrogen-bond donors (Lipinski definition) is 0. The van der Waals surface area contributed by atoms with E-state index >= 15 is 0 Å². The van der Waals surface area contributed by atoms with Gasteiger partial charge in [-0.2, -0.15) is 0 Å². The van der Waals surface area contributed by atoms with Gasteiger partial charge in [-0.05, 0) is 37.3 Å². The van der Waals surface area contributed by atoms with Gasteiger partial charge < -0.3 is 9.47 Å². The van der Waals surface area contributed by atoms with Gasteiger partial charge in [0.25, 0.3) is 5.95 Å². The summed E-state index contributed by atoms with van der Waals surface area (Å²) in [6, 6.07) is 0. The number of ether oxygens (including phenoxy) is 2. The average Bonchev–Trinajstić information content (AvgIpc) is 2.36. The van der Waals surface area contributed by atoms with Crippen molar-refractivity contribution in [2.24, 2.45) is 5.92 Å². The van der Waals surface area contributed by atoms with Crippen LogP contribution >= 0.6 is 0 Å². The fourth-order valence-corrected chi connectivity index (χ4v) is 1.37. The maximum absolute atomic E-state index is 5.42. The van der Waals surface area contributed by atoms with Gasteiger partial charge in [-0.3, -0.25) is 0 Å². The zero-order valence-corrected chi connectivity index (χ0v) is 11.7. The molecule has 0 aromatic rings. The lowest BCUT2D eigenvalue weighted by atomic mass is 9.98. The Morgan fingerprint density at radius 2 is 2.00 bits per heavy atom.